The van der Waals surface area contributed by atoms with Crippen LogP contribution in [0.4, 0.5) is 5.69 Å². The van der Waals surface area contributed by atoms with Crippen LogP contribution in [0.5, 0.6) is 11.5 Å². The second-order valence-electron chi connectivity index (χ2n) is 5.18. The van der Waals surface area contributed by atoms with Gasteiger partial charge in [-0.15, -0.1) is 0 Å². The average Bonchev–Trinajstić information content (AvgIpc) is 2.59. The Hall–Kier alpha value is -3.02. The van der Waals surface area contributed by atoms with Crippen molar-refractivity contribution in [3.8, 4) is 11.5 Å². The zero-order chi connectivity index (χ0) is 17.4. The van der Waals surface area contributed by atoms with Crippen LogP contribution in [-0.2, 0) is 16.0 Å². The molecule has 126 valence electrons. The van der Waals surface area contributed by atoms with E-state index in [4.69, 9.17) is 15.2 Å². The number of amides is 2. The van der Waals surface area contributed by atoms with E-state index in [1.54, 1.807) is 31.4 Å². The lowest BCUT2D eigenvalue weighted by Gasteiger charge is -2.08. The van der Waals surface area contributed by atoms with Crippen molar-refractivity contribution in [2.75, 3.05) is 19.0 Å². The molecule has 0 saturated carbocycles. The highest BCUT2D eigenvalue weighted by Gasteiger charge is 2.05. The number of methoxy groups -OCH3 is 1. The lowest BCUT2D eigenvalue weighted by molar-refractivity contribution is -0.120. The van der Waals surface area contributed by atoms with Gasteiger partial charge in [-0.2, -0.15) is 0 Å². The fourth-order valence-electron chi connectivity index (χ4n) is 2.10. The summed E-state index contributed by atoms with van der Waals surface area (Å²) in [5.41, 5.74) is 6.71. The largest absolute Gasteiger partial charge is 0.497 e. The van der Waals surface area contributed by atoms with Gasteiger partial charge >= 0.3 is 0 Å². The number of hydrogen-bond acceptors (Lipinski definition) is 4. The van der Waals surface area contributed by atoms with Crippen LogP contribution in [-0.4, -0.2) is 25.5 Å². The van der Waals surface area contributed by atoms with Crippen molar-refractivity contribution >= 4 is 17.5 Å². The molecule has 0 unspecified atom stereocenters. The van der Waals surface area contributed by atoms with Gasteiger partial charge < -0.3 is 20.5 Å². The SMILES string of the molecule is COc1cccc(CCC(=O)Nc2ccc(OCC(N)=O)cc2)c1. The summed E-state index contributed by atoms with van der Waals surface area (Å²) in [6.45, 7) is -0.174. The van der Waals surface area contributed by atoms with E-state index < -0.39 is 5.91 Å². The number of nitrogens with two attached hydrogens (primary N) is 1. The standard InChI is InChI=1S/C18H20N2O4/c1-23-16-4-2-3-13(11-16)5-10-18(22)20-14-6-8-15(9-7-14)24-12-17(19)21/h2-4,6-9,11H,5,10,12H2,1H3,(H2,19,21)(H,20,22). The molecule has 0 atom stereocenters. The summed E-state index contributed by atoms with van der Waals surface area (Å²) in [6, 6.07) is 14.4. The van der Waals surface area contributed by atoms with Crippen molar-refractivity contribution < 1.29 is 19.1 Å². The molecule has 0 fully saturated rings. The first-order chi connectivity index (χ1) is 11.6. The summed E-state index contributed by atoms with van der Waals surface area (Å²) < 4.78 is 10.3. The highest BCUT2D eigenvalue weighted by atomic mass is 16.5. The fraction of sp³-hybridized carbons (Fsp3) is 0.222. The third-order valence-corrected chi connectivity index (χ3v) is 3.29. The molecule has 0 heterocycles. The van der Waals surface area contributed by atoms with Gasteiger partial charge in [0.05, 0.1) is 7.11 Å². The molecule has 2 aromatic carbocycles. The van der Waals surface area contributed by atoms with Crippen LogP contribution in [0.15, 0.2) is 48.5 Å². The molecule has 6 nitrogen and oxygen atoms in total. The van der Waals surface area contributed by atoms with Gasteiger partial charge in [-0.1, -0.05) is 12.1 Å². The minimum Gasteiger partial charge on any atom is -0.497 e. The maximum absolute atomic E-state index is 12.0. The Morgan fingerprint density at radius 3 is 2.50 bits per heavy atom. The first-order valence-corrected chi connectivity index (χ1v) is 7.51. The highest BCUT2D eigenvalue weighted by molar-refractivity contribution is 5.90. The van der Waals surface area contributed by atoms with Crippen LogP contribution in [0, 0.1) is 0 Å². The Bertz CT molecular complexity index is 698. The Labute approximate surface area is 140 Å². The van der Waals surface area contributed by atoms with Crippen molar-refractivity contribution in [3.05, 3.63) is 54.1 Å². The molecular formula is C18H20N2O4. The molecule has 2 rings (SSSR count). The number of hydrogen-bond donors (Lipinski definition) is 2. The zero-order valence-electron chi connectivity index (χ0n) is 13.5. The molecule has 0 bridgehead atoms. The van der Waals surface area contributed by atoms with Gasteiger partial charge in [0.1, 0.15) is 11.5 Å². The molecule has 24 heavy (non-hydrogen) atoms. The molecule has 0 aliphatic carbocycles. The molecule has 0 radical (unpaired) electrons. The molecule has 0 saturated heterocycles. The number of carbonyl (C=O) groups excluding carboxylic acids is 2. The minimum atomic E-state index is -0.537. The summed E-state index contributed by atoms with van der Waals surface area (Å²) in [6.07, 6.45) is 0.996. The monoisotopic (exact) mass is 328 g/mol. The first kappa shape index (κ1) is 17.3. The Kier molecular flexibility index (Phi) is 6.19. The van der Waals surface area contributed by atoms with Gasteiger partial charge in [0.15, 0.2) is 6.61 Å². The van der Waals surface area contributed by atoms with E-state index >= 15 is 0 Å². The van der Waals surface area contributed by atoms with E-state index in [9.17, 15) is 9.59 Å². The summed E-state index contributed by atoms with van der Waals surface area (Å²) in [4.78, 5) is 22.7. The first-order valence-electron chi connectivity index (χ1n) is 7.51. The van der Waals surface area contributed by atoms with Gasteiger partial charge in [-0.3, -0.25) is 9.59 Å². The second-order valence-corrected chi connectivity index (χ2v) is 5.18. The zero-order valence-corrected chi connectivity index (χ0v) is 13.5. The van der Waals surface area contributed by atoms with Crippen molar-refractivity contribution in [2.24, 2.45) is 5.73 Å². The molecule has 2 aromatic rings. The predicted molar refractivity (Wildman–Crippen MR) is 91.1 cm³/mol. The lowest BCUT2D eigenvalue weighted by atomic mass is 10.1. The van der Waals surface area contributed by atoms with Gasteiger partial charge in [-0.05, 0) is 48.4 Å². The molecular weight excluding hydrogens is 308 g/mol. The number of benzene rings is 2. The van der Waals surface area contributed by atoms with Crippen molar-refractivity contribution in [1.29, 1.82) is 0 Å². The number of rotatable bonds is 8. The summed E-state index contributed by atoms with van der Waals surface area (Å²) >= 11 is 0. The number of aryl methyl sites for hydroxylation is 1. The molecule has 0 aromatic heterocycles. The van der Waals surface area contributed by atoms with E-state index in [0.717, 1.165) is 11.3 Å². The molecule has 6 heteroatoms. The maximum Gasteiger partial charge on any atom is 0.255 e. The smallest absolute Gasteiger partial charge is 0.255 e. The molecule has 0 aliphatic rings. The quantitative estimate of drug-likeness (QED) is 0.776. The van der Waals surface area contributed by atoms with E-state index in [-0.39, 0.29) is 12.5 Å². The Morgan fingerprint density at radius 2 is 1.83 bits per heavy atom. The van der Waals surface area contributed by atoms with Gasteiger partial charge in [0.2, 0.25) is 5.91 Å². The number of ether oxygens (including phenoxy) is 2. The topological polar surface area (TPSA) is 90.7 Å². The fourth-order valence-corrected chi connectivity index (χ4v) is 2.10. The normalized spacial score (nSPS) is 10.0. The number of anilines is 1. The lowest BCUT2D eigenvalue weighted by Crippen LogP contribution is -2.20. The van der Waals surface area contributed by atoms with Crippen molar-refractivity contribution in [3.63, 3.8) is 0 Å². The summed E-state index contributed by atoms with van der Waals surface area (Å²) in [5.74, 6) is 0.677. The van der Waals surface area contributed by atoms with Crippen molar-refractivity contribution in [1.82, 2.24) is 0 Å². The van der Waals surface area contributed by atoms with Gasteiger partial charge in [-0.25, -0.2) is 0 Å². The van der Waals surface area contributed by atoms with E-state index in [2.05, 4.69) is 5.32 Å². The molecule has 0 spiro atoms. The predicted octanol–water partition coefficient (Wildman–Crippen LogP) is 2.13. The number of primary amides is 1. The molecule has 2 amide bonds. The number of carbonyl (C=O) groups is 2. The van der Waals surface area contributed by atoms with Gasteiger partial charge in [0.25, 0.3) is 5.91 Å². The Balaban J connectivity index is 1.82. The van der Waals surface area contributed by atoms with Crippen LogP contribution < -0.4 is 20.5 Å². The highest BCUT2D eigenvalue weighted by Crippen LogP contribution is 2.17. The van der Waals surface area contributed by atoms with Crippen LogP contribution >= 0.6 is 0 Å². The van der Waals surface area contributed by atoms with Crippen LogP contribution in [0.1, 0.15) is 12.0 Å². The average molecular weight is 328 g/mol. The maximum atomic E-state index is 12.0. The van der Waals surface area contributed by atoms with Crippen LogP contribution in [0.2, 0.25) is 0 Å². The van der Waals surface area contributed by atoms with E-state index in [0.29, 0.717) is 24.3 Å². The molecule has 0 aliphatic heterocycles. The third-order valence-electron chi connectivity index (χ3n) is 3.29. The van der Waals surface area contributed by atoms with E-state index in [1.807, 2.05) is 24.3 Å². The second kappa shape index (κ2) is 8.57. The summed E-state index contributed by atoms with van der Waals surface area (Å²) in [5, 5.41) is 2.82. The molecule has 3 N–H and O–H groups in total. The third kappa shape index (κ3) is 5.64. The number of nitrogens with one attached hydrogen (secondary N) is 1. The minimum absolute atomic E-state index is 0.0800. The van der Waals surface area contributed by atoms with Crippen molar-refractivity contribution in [2.45, 2.75) is 12.8 Å². The Morgan fingerprint density at radius 1 is 1.08 bits per heavy atom. The summed E-state index contributed by atoms with van der Waals surface area (Å²) in [7, 11) is 1.61. The van der Waals surface area contributed by atoms with E-state index in [1.165, 1.54) is 0 Å². The van der Waals surface area contributed by atoms with Crippen LogP contribution in [0.3, 0.4) is 0 Å². The van der Waals surface area contributed by atoms with Gasteiger partial charge in [0, 0.05) is 12.1 Å². The van der Waals surface area contributed by atoms with Crippen LogP contribution in [0.25, 0.3) is 0 Å².